The zero-order valence-corrected chi connectivity index (χ0v) is 13.2. The van der Waals surface area contributed by atoms with E-state index in [-0.39, 0.29) is 0 Å². The van der Waals surface area contributed by atoms with Crippen LogP contribution < -0.4 is 0 Å². The molecule has 106 valence electrons. The van der Waals surface area contributed by atoms with E-state index in [0.29, 0.717) is 11.9 Å². The van der Waals surface area contributed by atoms with Gasteiger partial charge in [0.25, 0.3) is 0 Å². The van der Waals surface area contributed by atoms with Crippen LogP contribution in [0.15, 0.2) is 5.38 Å². The van der Waals surface area contributed by atoms with Gasteiger partial charge in [-0.25, -0.2) is 4.98 Å². The van der Waals surface area contributed by atoms with Crippen LogP contribution in [-0.2, 0) is 5.88 Å². The van der Waals surface area contributed by atoms with Crippen LogP contribution in [0.1, 0.15) is 62.2 Å². The molecule has 2 nitrogen and oxygen atoms in total. The number of hydrogen-bond donors (Lipinski definition) is 0. The van der Waals surface area contributed by atoms with E-state index < -0.39 is 0 Å². The Morgan fingerprint density at radius 3 is 2.95 bits per heavy atom. The molecule has 1 aliphatic carbocycles. The van der Waals surface area contributed by atoms with Crippen molar-refractivity contribution in [3.8, 4) is 0 Å². The van der Waals surface area contributed by atoms with E-state index in [1.54, 1.807) is 11.3 Å². The number of hydrogen-bond acceptors (Lipinski definition) is 3. The molecule has 1 saturated heterocycles. The number of fused-ring (bicyclic) bond motifs is 1. The lowest BCUT2D eigenvalue weighted by molar-refractivity contribution is 0.0307. The second-order valence-electron chi connectivity index (χ2n) is 5.98. The third-order valence-corrected chi connectivity index (χ3v) is 6.19. The van der Waals surface area contributed by atoms with Gasteiger partial charge in [-0.2, -0.15) is 0 Å². The first-order valence-corrected chi connectivity index (χ1v) is 8.97. The van der Waals surface area contributed by atoms with Crippen molar-refractivity contribution in [2.75, 3.05) is 6.54 Å². The Labute approximate surface area is 125 Å². The minimum Gasteiger partial charge on any atom is -0.291 e. The molecule has 0 spiro atoms. The van der Waals surface area contributed by atoms with Crippen molar-refractivity contribution < 1.29 is 0 Å². The molecule has 1 aromatic rings. The molecule has 0 bridgehead atoms. The van der Waals surface area contributed by atoms with Crippen LogP contribution in [0.3, 0.4) is 0 Å². The number of likely N-dealkylation sites (tertiary alicyclic amines) is 1. The molecule has 2 fully saturated rings. The predicted octanol–water partition coefficient (Wildman–Crippen LogP) is 4.60. The van der Waals surface area contributed by atoms with Crippen LogP contribution in [0.2, 0.25) is 0 Å². The Kier molecular flexibility index (Phi) is 4.45. The summed E-state index contributed by atoms with van der Waals surface area (Å²) >= 11 is 7.65. The number of rotatable bonds is 3. The molecule has 1 aliphatic heterocycles. The van der Waals surface area contributed by atoms with Crippen LogP contribution in [0.25, 0.3) is 0 Å². The molecule has 0 N–H and O–H groups in total. The molecular formula is C15H23ClN2S. The standard InChI is InChI=1S/C15H23ClN2S/c1-11(15-17-13(9-16)10-19-15)18-8-4-6-12-5-2-3-7-14(12)18/h10-12,14H,2-9H2,1H3. The molecule has 0 aromatic carbocycles. The molecule has 0 amide bonds. The van der Waals surface area contributed by atoms with Crippen LogP contribution in [-0.4, -0.2) is 22.5 Å². The molecule has 3 unspecified atom stereocenters. The second kappa shape index (κ2) is 6.11. The summed E-state index contributed by atoms with van der Waals surface area (Å²) in [5, 5.41) is 3.36. The Balaban J connectivity index is 1.75. The fourth-order valence-corrected chi connectivity index (χ4v) is 4.99. The average molecular weight is 299 g/mol. The lowest BCUT2D eigenvalue weighted by atomic mass is 9.78. The molecule has 1 aromatic heterocycles. The summed E-state index contributed by atoms with van der Waals surface area (Å²) in [4.78, 5) is 7.41. The van der Waals surface area contributed by atoms with Gasteiger partial charge in [-0.15, -0.1) is 22.9 Å². The van der Waals surface area contributed by atoms with Gasteiger partial charge >= 0.3 is 0 Å². The van der Waals surface area contributed by atoms with Crippen molar-refractivity contribution >= 4 is 22.9 Å². The number of halogens is 1. The zero-order chi connectivity index (χ0) is 13.2. The highest BCUT2D eigenvalue weighted by Crippen LogP contribution is 2.39. The normalized spacial score (nSPS) is 30.0. The number of nitrogens with zero attached hydrogens (tertiary/aromatic N) is 2. The van der Waals surface area contributed by atoms with Crippen LogP contribution in [0, 0.1) is 5.92 Å². The molecule has 19 heavy (non-hydrogen) atoms. The monoisotopic (exact) mass is 298 g/mol. The van der Waals surface area contributed by atoms with Crippen molar-refractivity contribution in [3.05, 3.63) is 16.1 Å². The van der Waals surface area contributed by atoms with Crippen molar-refractivity contribution in [1.82, 2.24) is 9.88 Å². The average Bonchev–Trinajstić information content (AvgIpc) is 2.95. The van der Waals surface area contributed by atoms with Gasteiger partial charge in [0.15, 0.2) is 0 Å². The van der Waals surface area contributed by atoms with E-state index in [0.717, 1.165) is 17.7 Å². The van der Waals surface area contributed by atoms with Crippen LogP contribution in [0.4, 0.5) is 0 Å². The highest BCUT2D eigenvalue weighted by Gasteiger charge is 2.36. The van der Waals surface area contributed by atoms with Gasteiger partial charge in [-0.1, -0.05) is 12.8 Å². The summed E-state index contributed by atoms with van der Waals surface area (Å²) in [6.07, 6.45) is 8.49. The summed E-state index contributed by atoms with van der Waals surface area (Å²) < 4.78 is 0. The highest BCUT2D eigenvalue weighted by atomic mass is 35.5. The maximum Gasteiger partial charge on any atom is 0.110 e. The highest BCUT2D eigenvalue weighted by molar-refractivity contribution is 7.09. The van der Waals surface area contributed by atoms with Crippen molar-refractivity contribution in [3.63, 3.8) is 0 Å². The largest absolute Gasteiger partial charge is 0.291 e. The zero-order valence-electron chi connectivity index (χ0n) is 11.6. The molecule has 2 heterocycles. The van der Waals surface area contributed by atoms with Crippen molar-refractivity contribution in [2.24, 2.45) is 5.92 Å². The molecule has 2 aliphatic rings. The fraction of sp³-hybridized carbons (Fsp3) is 0.800. The summed E-state index contributed by atoms with van der Waals surface area (Å²) in [7, 11) is 0. The molecular weight excluding hydrogens is 276 g/mol. The van der Waals surface area contributed by atoms with Gasteiger partial charge in [0, 0.05) is 11.4 Å². The third-order valence-electron chi connectivity index (χ3n) is 4.85. The van der Waals surface area contributed by atoms with Crippen molar-refractivity contribution in [1.29, 1.82) is 0 Å². The van der Waals surface area contributed by atoms with Gasteiger partial charge in [-0.05, 0) is 45.1 Å². The molecule has 0 radical (unpaired) electrons. The summed E-state index contributed by atoms with van der Waals surface area (Å²) in [6, 6.07) is 1.27. The van der Waals surface area contributed by atoms with Crippen LogP contribution in [0.5, 0.6) is 0 Å². The Morgan fingerprint density at radius 2 is 2.16 bits per heavy atom. The quantitative estimate of drug-likeness (QED) is 0.758. The van der Waals surface area contributed by atoms with Gasteiger partial charge in [0.1, 0.15) is 5.01 Å². The minimum absolute atomic E-state index is 0.466. The van der Waals surface area contributed by atoms with E-state index in [4.69, 9.17) is 11.6 Å². The molecule has 1 saturated carbocycles. The van der Waals surface area contributed by atoms with Gasteiger partial charge in [0.05, 0.1) is 17.6 Å². The Bertz CT molecular complexity index is 418. The first-order valence-electron chi connectivity index (χ1n) is 7.55. The molecule has 3 atom stereocenters. The maximum atomic E-state index is 5.87. The van der Waals surface area contributed by atoms with E-state index in [9.17, 15) is 0 Å². The van der Waals surface area contributed by atoms with Gasteiger partial charge in [0.2, 0.25) is 0 Å². The summed E-state index contributed by atoms with van der Waals surface area (Å²) in [6.45, 7) is 3.58. The SMILES string of the molecule is CC(c1nc(CCl)cs1)N1CCCC2CCCCC21. The first-order chi connectivity index (χ1) is 9.29. The second-order valence-corrected chi connectivity index (χ2v) is 7.14. The van der Waals surface area contributed by atoms with E-state index >= 15 is 0 Å². The smallest absolute Gasteiger partial charge is 0.110 e. The Hall–Kier alpha value is -0.120. The topological polar surface area (TPSA) is 16.1 Å². The summed E-state index contributed by atoms with van der Waals surface area (Å²) in [5.74, 6) is 1.48. The fourth-order valence-electron chi connectivity index (χ4n) is 3.86. The third kappa shape index (κ3) is 2.84. The van der Waals surface area contributed by atoms with E-state index in [1.165, 1.54) is 50.1 Å². The number of alkyl halides is 1. The first kappa shape index (κ1) is 13.8. The molecule has 4 heteroatoms. The van der Waals surface area contributed by atoms with Crippen LogP contribution >= 0.6 is 22.9 Å². The predicted molar refractivity (Wildman–Crippen MR) is 81.8 cm³/mol. The number of piperidine rings is 1. The van der Waals surface area contributed by atoms with Gasteiger partial charge in [-0.3, -0.25) is 4.90 Å². The van der Waals surface area contributed by atoms with Crippen molar-refractivity contribution in [2.45, 2.75) is 63.4 Å². The lowest BCUT2D eigenvalue weighted by Gasteiger charge is -2.46. The lowest BCUT2D eigenvalue weighted by Crippen LogP contribution is -2.47. The number of thiazole rings is 1. The van der Waals surface area contributed by atoms with Gasteiger partial charge < -0.3 is 0 Å². The van der Waals surface area contributed by atoms with E-state index in [2.05, 4.69) is 22.2 Å². The minimum atomic E-state index is 0.466. The van der Waals surface area contributed by atoms with E-state index in [1.807, 2.05) is 0 Å². The molecule has 3 rings (SSSR count). The Morgan fingerprint density at radius 1 is 1.37 bits per heavy atom. The summed E-state index contributed by atoms with van der Waals surface area (Å²) in [5.41, 5.74) is 1.03. The maximum absolute atomic E-state index is 5.87. The number of aromatic nitrogens is 1.